The van der Waals surface area contributed by atoms with Crippen molar-refractivity contribution in [2.75, 3.05) is 4.31 Å². The molecule has 0 saturated carbocycles. The van der Waals surface area contributed by atoms with Crippen LogP contribution in [0.3, 0.4) is 0 Å². The van der Waals surface area contributed by atoms with Gasteiger partial charge in [0.1, 0.15) is 0 Å². The van der Waals surface area contributed by atoms with Crippen LogP contribution in [0.5, 0.6) is 0 Å². The van der Waals surface area contributed by atoms with Crippen LogP contribution in [0.15, 0.2) is 71.7 Å². The molecule has 2 aromatic carbocycles. The Hall–Kier alpha value is -1.77. The number of anilines is 1. The van der Waals surface area contributed by atoms with Crippen LogP contribution >= 0.6 is 0 Å². The number of rotatable bonds is 5. The Labute approximate surface area is 194 Å². The number of para-hydroxylation sites is 1. The average Bonchev–Trinajstić information content (AvgIpc) is 2.79. The summed E-state index contributed by atoms with van der Waals surface area (Å²) in [5.41, 5.74) is 2.72. The van der Waals surface area contributed by atoms with Gasteiger partial charge in [0.2, 0.25) is 0 Å². The maximum absolute atomic E-state index is 13.4. The molecule has 0 N–H and O–H groups in total. The second-order valence-electron chi connectivity index (χ2n) is 6.24. The number of benzene rings is 2. The Kier molecular flexibility index (Phi) is 11.2. The molecular formula is C25H32NO2SW-. The molecule has 0 amide bonds. The summed E-state index contributed by atoms with van der Waals surface area (Å²) in [6.45, 7) is 16.0. The number of hydrogen-bond donors (Lipinski definition) is 0. The summed E-state index contributed by atoms with van der Waals surface area (Å²) >= 11 is 1.28. The second-order valence-corrected chi connectivity index (χ2v) is 10.4. The van der Waals surface area contributed by atoms with Crippen LogP contribution < -0.4 is 4.31 Å². The molecule has 0 spiro atoms. The number of sulfonamides is 1. The molecule has 0 aliphatic carbocycles. The van der Waals surface area contributed by atoms with E-state index in [2.05, 4.69) is 0 Å². The van der Waals surface area contributed by atoms with Crippen molar-refractivity contribution in [3.8, 4) is 0 Å². The molecule has 1 heterocycles. The number of aryl methyl sites for hydroxylation is 1. The summed E-state index contributed by atoms with van der Waals surface area (Å²) in [6.07, 6.45) is 4.82. The predicted octanol–water partition coefficient (Wildman–Crippen LogP) is 6.17. The maximum atomic E-state index is 13.4. The Morgan fingerprint density at radius 1 is 1.00 bits per heavy atom. The SMILES string of the molecule is CC.CC.[CH-]=C(C=C[C](C)=[W])S(=O)(=O)N1c2ccccc2CCC1c1ccccc1. The van der Waals surface area contributed by atoms with Crippen molar-refractivity contribution in [1.29, 1.82) is 0 Å². The van der Waals surface area contributed by atoms with Crippen LogP contribution in [-0.2, 0) is 35.8 Å². The molecule has 5 heteroatoms. The van der Waals surface area contributed by atoms with Crippen molar-refractivity contribution in [1.82, 2.24) is 0 Å². The van der Waals surface area contributed by atoms with E-state index in [-0.39, 0.29) is 10.9 Å². The molecule has 0 bridgehead atoms. The number of hydrogen-bond acceptors (Lipinski definition) is 2. The van der Waals surface area contributed by atoms with Crippen molar-refractivity contribution in [2.45, 2.75) is 53.5 Å². The van der Waals surface area contributed by atoms with Crippen molar-refractivity contribution in [3.05, 3.63) is 89.4 Å². The number of nitrogens with zero attached hydrogens (tertiary/aromatic N) is 1. The van der Waals surface area contributed by atoms with Crippen molar-refractivity contribution < 1.29 is 27.8 Å². The summed E-state index contributed by atoms with van der Waals surface area (Å²) < 4.78 is 29.3. The summed E-state index contributed by atoms with van der Waals surface area (Å²) in [7, 11) is -3.83. The minimum absolute atomic E-state index is 0.129. The molecule has 1 unspecified atom stereocenters. The van der Waals surface area contributed by atoms with Gasteiger partial charge in [0, 0.05) is 0 Å². The van der Waals surface area contributed by atoms with E-state index in [0.29, 0.717) is 5.69 Å². The zero-order chi connectivity index (χ0) is 22.7. The number of allylic oxidation sites excluding steroid dienone is 2. The zero-order valence-corrected chi connectivity index (χ0v) is 22.2. The van der Waals surface area contributed by atoms with Gasteiger partial charge in [-0.05, 0) is 0 Å². The Morgan fingerprint density at radius 3 is 2.17 bits per heavy atom. The van der Waals surface area contributed by atoms with E-state index in [0.717, 1.165) is 27.9 Å². The van der Waals surface area contributed by atoms with E-state index in [1.165, 1.54) is 29.7 Å². The standard InChI is InChI=1S/C21H20NO2S.2C2H6.W/c1-3-4-10-17(2)25(23,24)22-20-14-9-8-13-19(20)15-16-21(22)18-11-6-5-7-12-18;2*1-2;/h2,4-14,21H,15-16H2,1H3;2*1-2H3;/q-1;;;. The molecule has 0 radical (unpaired) electrons. The Morgan fingerprint density at radius 2 is 1.57 bits per heavy atom. The first-order chi connectivity index (χ1) is 14.4. The van der Waals surface area contributed by atoms with E-state index >= 15 is 0 Å². The summed E-state index contributed by atoms with van der Waals surface area (Å²) in [5, 5.41) is 0. The van der Waals surface area contributed by atoms with Gasteiger partial charge in [-0.1, -0.05) is 27.7 Å². The van der Waals surface area contributed by atoms with Crippen LogP contribution in [0.2, 0.25) is 0 Å². The monoisotopic (exact) mass is 594 g/mol. The molecular weight excluding hydrogens is 562 g/mol. The van der Waals surface area contributed by atoms with Gasteiger partial charge in [-0.15, -0.1) is 0 Å². The first kappa shape index (κ1) is 26.3. The fraction of sp³-hybridized carbons (Fsp3) is 0.320. The summed E-state index contributed by atoms with van der Waals surface area (Å²) in [6, 6.07) is 17.1. The molecule has 0 fully saturated rings. The summed E-state index contributed by atoms with van der Waals surface area (Å²) in [5.74, 6) is 0. The molecule has 1 aliphatic heterocycles. The second kappa shape index (κ2) is 12.8. The van der Waals surface area contributed by atoms with Gasteiger partial charge in [0.05, 0.1) is 0 Å². The summed E-state index contributed by atoms with van der Waals surface area (Å²) in [4.78, 5) is -0.129. The van der Waals surface area contributed by atoms with Crippen molar-refractivity contribution in [3.63, 3.8) is 0 Å². The van der Waals surface area contributed by atoms with Crippen LogP contribution in [0.25, 0.3) is 0 Å². The zero-order valence-electron chi connectivity index (χ0n) is 18.5. The van der Waals surface area contributed by atoms with E-state index in [1.54, 1.807) is 6.08 Å². The van der Waals surface area contributed by atoms with Gasteiger partial charge in [-0.25, -0.2) is 0 Å². The molecule has 1 aliphatic rings. The Bertz CT molecular complexity index is 966. The van der Waals surface area contributed by atoms with Gasteiger partial charge in [-0.2, -0.15) is 0 Å². The third-order valence-corrected chi connectivity index (χ3v) is 6.61. The van der Waals surface area contributed by atoms with Gasteiger partial charge < -0.3 is 0 Å². The molecule has 3 nitrogen and oxygen atoms in total. The topological polar surface area (TPSA) is 37.4 Å². The molecule has 0 aromatic heterocycles. The minimum atomic E-state index is -3.83. The first-order valence-electron chi connectivity index (χ1n) is 10.4. The van der Waals surface area contributed by atoms with Gasteiger partial charge in [0.15, 0.2) is 0 Å². The molecule has 3 rings (SSSR count). The van der Waals surface area contributed by atoms with Crippen LogP contribution in [0.1, 0.15) is 58.2 Å². The Balaban J connectivity index is 0.00000106. The van der Waals surface area contributed by atoms with Gasteiger partial charge in [0.25, 0.3) is 0 Å². The molecule has 1 atom stereocenters. The van der Waals surface area contributed by atoms with Gasteiger partial charge >= 0.3 is 167 Å². The van der Waals surface area contributed by atoms with E-state index < -0.39 is 10.0 Å². The quantitative estimate of drug-likeness (QED) is 0.307. The molecule has 30 heavy (non-hydrogen) atoms. The molecule has 2 aromatic rings. The average molecular weight is 594 g/mol. The number of fused-ring (bicyclic) bond motifs is 1. The molecule has 0 saturated heterocycles. The van der Waals surface area contributed by atoms with E-state index in [1.807, 2.05) is 89.2 Å². The van der Waals surface area contributed by atoms with E-state index in [9.17, 15) is 8.42 Å². The third-order valence-electron chi connectivity index (χ3n) is 4.42. The normalized spacial score (nSPS) is 15.2. The fourth-order valence-corrected chi connectivity index (χ4v) is 4.90. The predicted molar refractivity (Wildman–Crippen MR) is 126 cm³/mol. The van der Waals surface area contributed by atoms with Crippen LogP contribution in [0, 0.1) is 6.58 Å². The van der Waals surface area contributed by atoms with Crippen LogP contribution in [0.4, 0.5) is 5.69 Å². The third kappa shape index (κ3) is 6.36. The van der Waals surface area contributed by atoms with Crippen molar-refractivity contribution in [2.24, 2.45) is 0 Å². The van der Waals surface area contributed by atoms with Crippen LogP contribution in [-0.4, -0.2) is 12.3 Å². The van der Waals surface area contributed by atoms with E-state index in [4.69, 9.17) is 6.58 Å². The van der Waals surface area contributed by atoms with Gasteiger partial charge in [-0.3, -0.25) is 0 Å². The van der Waals surface area contributed by atoms with Crippen molar-refractivity contribution >= 4 is 19.6 Å². The first-order valence-corrected chi connectivity index (χ1v) is 13.3. The fourth-order valence-electron chi connectivity index (χ4n) is 3.19. The molecule has 162 valence electrons.